The van der Waals surface area contributed by atoms with E-state index in [1.807, 2.05) is 12.2 Å². The van der Waals surface area contributed by atoms with E-state index in [-0.39, 0.29) is 35.5 Å². The lowest BCUT2D eigenvalue weighted by Gasteiger charge is -2.37. The molecule has 3 amide bonds. The van der Waals surface area contributed by atoms with Crippen molar-refractivity contribution in [2.24, 2.45) is 23.7 Å². The molecule has 1 aromatic heterocycles. The minimum absolute atomic E-state index is 0.115. The number of nitrogens with one attached hydrogen (secondary N) is 1. The van der Waals surface area contributed by atoms with Crippen molar-refractivity contribution in [2.45, 2.75) is 19.8 Å². The predicted molar refractivity (Wildman–Crippen MR) is 75.1 cm³/mol. The van der Waals surface area contributed by atoms with Crippen LogP contribution in [-0.2, 0) is 9.59 Å². The number of nitrogens with zero attached hydrogens (tertiary/aromatic N) is 1. The molecule has 1 saturated carbocycles. The van der Waals surface area contributed by atoms with Gasteiger partial charge in [-0.05, 0) is 37.7 Å². The number of fused-ring (bicyclic) bond motifs is 1. The van der Waals surface area contributed by atoms with Crippen LogP contribution in [0.5, 0.6) is 0 Å². The Hall–Kier alpha value is -2.37. The summed E-state index contributed by atoms with van der Waals surface area (Å²) in [4.78, 5) is 37.4. The molecule has 5 rings (SSSR count). The number of hydrogen-bond acceptors (Lipinski definition) is 4. The monoisotopic (exact) mass is 300 g/mol. The van der Waals surface area contributed by atoms with Crippen LogP contribution in [0.4, 0.5) is 0 Å². The van der Waals surface area contributed by atoms with Crippen molar-refractivity contribution < 1.29 is 18.8 Å². The average molecular weight is 300 g/mol. The van der Waals surface area contributed by atoms with E-state index in [1.165, 1.54) is 12.3 Å². The van der Waals surface area contributed by atoms with Crippen LogP contribution in [0.3, 0.4) is 0 Å². The van der Waals surface area contributed by atoms with Gasteiger partial charge in [0, 0.05) is 0 Å². The number of hydrogen-bond donors (Lipinski definition) is 1. The van der Waals surface area contributed by atoms with Gasteiger partial charge in [-0.1, -0.05) is 12.2 Å². The number of aryl methyl sites for hydroxylation is 1. The van der Waals surface area contributed by atoms with Crippen molar-refractivity contribution in [3.05, 3.63) is 35.8 Å². The summed E-state index contributed by atoms with van der Waals surface area (Å²) in [5, 5.41) is 0.919. The van der Waals surface area contributed by atoms with Crippen molar-refractivity contribution >= 4 is 17.7 Å². The van der Waals surface area contributed by atoms with Crippen molar-refractivity contribution in [3.8, 4) is 0 Å². The van der Waals surface area contributed by atoms with Gasteiger partial charge in [0.15, 0.2) is 0 Å². The summed E-state index contributed by atoms with van der Waals surface area (Å²) in [6.07, 6.45) is 7.37. The van der Waals surface area contributed by atoms with Gasteiger partial charge in [0.1, 0.15) is 5.76 Å². The third-order valence-electron chi connectivity index (χ3n) is 5.08. The average Bonchev–Trinajstić information content (AvgIpc) is 3.07. The first kappa shape index (κ1) is 13.3. The lowest BCUT2D eigenvalue weighted by atomic mass is 9.63. The molecule has 1 aliphatic heterocycles. The quantitative estimate of drug-likeness (QED) is 0.662. The molecular formula is C16H16N2O4. The summed E-state index contributed by atoms with van der Waals surface area (Å²) < 4.78 is 5.08. The summed E-state index contributed by atoms with van der Waals surface area (Å²) in [6, 6.07) is 1.52. The number of hydrazine groups is 1. The molecule has 2 fully saturated rings. The summed E-state index contributed by atoms with van der Waals surface area (Å²) in [5.74, 6) is -1.02. The topological polar surface area (TPSA) is 79.6 Å². The number of rotatable bonds is 2. The summed E-state index contributed by atoms with van der Waals surface area (Å²) >= 11 is 0. The number of allylic oxidation sites excluding steroid dienone is 2. The Labute approximate surface area is 127 Å². The van der Waals surface area contributed by atoms with Crippen molar-refractivity contribution in [1.82, 2.24) is 10.4 Å². The molecule has 0 radical (unpaired) electrons. The smallest absolute Gasteiger partial charge is 0.273 e. The molecule has 1 aromatic rings. The zero-order valence-corrected chi connectivity index (χ0v) is 12.1. The molecule has 6 nitrogen and oxygen atoms in total. The number of amides is 3. The minimum atomic E-state index is -0.494. The molecule has 0 unspecified atom stereocenters. The summed E-state index contributed by atoms with van der Waals surface area (Å²) in [7, 11) is 0. The van der Waals surface area contributed by atoms with Crippen LogP contribution >= 0.6 is 0 Å². The van der Waals surface area contributed by atoms with E-state index < -0.39 is 5.91 Å². The molecule has 2 bridgehead atoms. The lowest BCUT2D eigenvalue weighted by molar-refractivity contribution is -0.143. The Kier molecular flexibility index (Phi) is 2.76. The van der Waals surface area contributed by atoms with Crippen LogP contribution in [0.1, 0.15) is 29.0 Å². The fraction of sp³-hybridized carbons (Fsp3) is 0.438. The van der Waals surface area contributed by atoms with Gasteiger partial charge in [-0.25, -0.2) is 0 Å². The molecule has 6 heteroatoms. The van der Waals surface area contributed by atoms with Crippen LogP contribution in [0.25, 0.3) is 0 Å². The third-order valence-corrected chi connectivity index (χ3v) is 5.08. The molecule has 1 saturated heterocycles. The molecule has 4 aliphatic rings. The van der Waals surface area contributed by atoms with Gasteiger partial charge in [0.05, 0.1) is 23.7 Å². The first-order valence-corrected chi connectivity index (χ1v) is 7.49. The van der Waals surface area contributed by atoms with E-state index in [9.17, 15) is 14.4 Å². The maximum atomic E-state index is 12.6. The highest BCUT2D eigenvalue weighted by atomic mass is 16.3. The molecule has 0 spiro atoms. The normalized spacial score (nSPS) is 32.5. The van der Waals surface area contributed by atoms with Crippen LogP contribution < -0.4 is 5.43 Å². The Morgan fingerprint density at radius 3 is 2.23 bits per heavy atom. The molecule has 1 N–H and O–H groups in total. The molecule has 3 aliphatic carbocycles. The minimum Gasteiger partial charge on any atom is -0.469 e. The largest absolute Gasteiger partial charge is 0.469 e. The number of carbonyl (C=O) groups excluding carboxylic acids is 3. The molecule has 22 heavy (non-hydrogen) atoms. The fourth-order valence-corrected chi connectivity index (χ4v) is 3.97. The lowest BCUT2D eigenvalue weighted by Crippen LogP contribution is -2.46. The van der Waals surface area contributed by atoms with Gasteiger partial charge in [0.25, 0.3) is 17.7 Å². The van der Waals surface area contributed by atoms with E-state index in [1.54, 1.807) is 6.92 Å². The first-order valence-electron chi connectivity index (χ1n) is 7.49. The van der Waals surface area contributed by atoms with Crippen LogP contribution in [0.15, 0.2) is 28.9 Å². The first-order chi connectivity index (χ1) is 10.6. The molecular weight excluding hydrogens is 284 g/mol. The van der Waals surface area contributed by atoms with E-state index in [0.717, 1.165) is 17.9 Å². The summed E-state index contributed by atoms with van der Waals surface area (Å²) in [5.41, 5.74) is 2.78. The Morgan fingerprint density at radius 2 is 1.77 bits per heavy atom. The fourth-order valence-electron chi connectivity index (χ4n) is 3.97. The standard InChI is InChI=1S/C16H16N2O4/c1-8-11(6-7-22-8)14(19)17-18-15(20)12-9-2-3-10(5-4-9)13(12)16(18)21/h2-3,6-7,9-10,12-13H,4-5H2,1H3,(H,17,19)/t9-,10-,12+,13+/m1/s1. The van der Waals surface area contributed by atoms with Gasteiger partial charge in [0.2, 0.25) is 0 Å². The number of carbonyl (C=O) groups is 3. The van der Waals surface area contributed by atoms with Gasteiger partial charge < -0.3 is 4.42 Å². The Morgan fingerprint density at radius 1 is 1.18 bits per heavy atom. The SMILES string of the molecule is Cc1occc1C(=O)NN1C(=O)[C@@H]2[C@@H](C1=O)[C@@H]1C=C[C@@H]2CC1. The van der Waals surface area contributed by atoms with E-state index in [2.05, 4.69) is 5.43 Å². The van der Waals surface area contributed by atoms with E-state index in [4.69, 9.17) is 4.42 Å². The zero-order chi connectivity index (χ0) is 15.4. The molecule has 114 valence electrons. The second kappa shape index (κ2) is 4.56. The maximum Gasteiger partial charge on any atom is 0.273 e. The van der Waals surface area contributed by atoms with Gasteiger partial charge >= 0.3 is 0 Å². The van der Waals surface area contributed by atoms with Crippen molar-refractivity contribution in [3.63, 3.8) is 0 Å². The maximum absolute atomic E-state index is 12.6. The van der Waals surface area contributed by atoms with Crippen molar-refractivity contribution in [1.29, 1.82) is 0 Å². The number of imide groups is 1. The van der Waals surface area contributed by atoms with Crippen LogP contribution in [0, 0.1) is 30.6 Å². The zero-order valence-electron chi connectivity index (χ0n) is 12.1. The molecule has 0 aromatic carbocycles. The van der Waals surface area contributed by atoms with E-state index >= 15 is 0 Å². The van der Waals surface area contributed by atoms with Gasteiger partial charge in [-0.2, -0.15) is 5.01 Å². The van der Waals surface area contributed by atoms with Crippen molar-refractivity contribution in [2.75, 3.05) is 0 Å². The summed E-state index contributed by atoms with van der Waals surface area (Å²) in [6.45, 7) is 1.66. The second-order valence-electron chi connectivity index (χ2n) is 6.18. The predicted octanol–water partition coefficient (Wildman–Crippen LogP) is 1.43. The Balaban J connectivity index is 1.59. The number of furan rings is 1. The highest BCUT2D eigenvalue weighted by Crippen LogP contribution is 2.49. The molecule has 2 heterocycles. The van der Waals surface area contributed by atoms with Crippen LogP contribution in [0.2, 0.25) is 0 Å². The van der Waals surface area contributed by atoms with E-state index in [0.29, 0.717) is 11.3 Å². The van der Waals surface area contributed by atoms with Gasteiger partial charge in [-0.15, -0.1) is 0 Å². The van der Waals surface area contributed by atoms with Gasteiger partial charge in [-0.3, -0.25) is 19.8 Å². The molecule has 4 atom stereocenters. The highest BCUT2D eigenvalue weighted by Gasteiger charge is 2.57. The second-order valence-corrected chi connectivity index (χ2v) is 6.18. The Bertz CT molecular complexity index is 673. The highest BCUT2D eigenvalue weighted by molar-refractivity contribution is 6.08. The third kappa shape index (κ3) is 1.70. The van der Waals surface area contributed by atoms with Crippen LogP contribution in [-0.4, -0.2) is 22.7 Å².